The summed E-state index contributed by atoms with van der Waals surface area (Å²) in [6.45, 7) is 6.18. The Morgan fingerprint density at radius 3 is 1.90 bits per heavy atom. The van der Waals surface area contributed by atoms with Crippen LogP contribution in [0.1, 0.15) is 0 Å². The van der Waals surface area contributed by atoms with E-state index in [4.69, 9.17) is 10.2 Å². The van der Waals surface area contributed by atoms with Gasteiger partial charge in [0.25, 0.3) is 0 Å². The first-order valence-electron chi connectivity index (χ1n) is 2.51. The van der Waals surface area contributed by atoms with Crippen molar-refractivity contribution in [2.75, 3.05) is 0 Å². The highest BCUT2D eigenvalue weighted by atomic mass is 16.3. The van der Waals surface area contributed by atoms with Crippen molar-refractivity contribution in [1.82, 2.24) is 0 Å². The number of aliphatic hydroxyl groups excluding tert-OH is 2. The molecular formula is C7H8O3. The van der Waals surface area contributed by atoms with Crippen LogP contribution in [0.25, 0.3) is 0 Å². The lowest BCUT2D eigenvalue weighted by molar-refractivity contribution is -0.104. The molecule has 3 heteroatoms. The highest BCUT2D eigenvalue weighted by Crippen LogP contribution is 2.02. The lowest BCUT2D eigenvalue weighted by Gasteiger charge is -1.93. The highest BCUT2D eigenvalue weighted by molar-refractivity contribution is 5.79. The Morgan fingerprint density at radius 2 is 1.80 bits per heavy atom. The SMILES string of the molecule is C=C(O)/C=C(/C=O)C(=C)O. The van der Waals surface area contributed by atoms with Gasteiger partial charge in [0.15, 0.2) is 6.29 Å². The fraction of sp³-hybridized carbons (Fsp3) is 0. The average Bonchev–Trinajstić information content (AvgIpc) is 1.81. The zero-order valence-electron chi connectivity index (χ0n) is 5.37. The smallest absolute Gasteiger partial charge is 0.153 e. The van der Waals surface area contributed by atoms with E-state index in [1.807, 2.05) is 0 Å². The average molecular weight is 140 g/mol. The molecule has 0 heterocycles. The zero-order chi connectivity index (χ0) is 8.15. The molecule has 0 bridgehead atoms. The van der Waals surface area contributed by atoms with E-state index in [-0.39, 0.29) is 17.1 Å². The highest BCUT2D eigenvalue weighted by Gasteiger charge is 1.97. The molecule has 2 N–H and O–H groups in total. The van der Waals surface area contributed by atoms with Crippen LogP contribution in [0.4, 0.5) is 0 Å². The third-order valence-corrected chi connectivity index (χ3v) is 0.782. The van der Waals surface area contributed by atoms with Crippen molar-refractivity contribution in [2.45, 2.75) is 0 Å². The summed E-state index contributed by atoms with van der Waals surface area (Å²) in [7, 11) is 0. The fourth-order valence-electron chi connectivity index (χ4n) is 0.365. The van der Waals surface area contributed by atoms with Crippen LogP contribution in [0, 0.1) is 0 Å². The van der Waals surface area contributed by atoms with Crippen molar-refractivity contribution < 1.29 is 15.0 Å². The first-order valence-corrected chi connectivity index (χ1v) is 2.51. The van der Waals surface area contributed by atoms with E-state index in [2.05, 4.69) is 13.2 Å². The van der Waals surface area contributed by atoms with Crippen molar-refractivity contribution >= 4 is 6.29 Å². The molecular weight excluding hydrogens is 132 g/mol. The molecule has 3 nitrogen and oxygen atoms in total. The van der Waals surface area contributed by atoms with Crippen LogP contribution >= 0.6 is 0 Å². The van der Waals surface area contributed by atoms with E-state index in [0.29, 0.717) is 6.29 Å². The maximum Gasteiger partial charge on any atom is 0.153 e. The minimum Gasteiger partial charge on any atom is -0.509 e. The van der Waals surface area contributed by atoms with Gasteiger partial charge < -0.3 is 10.2 Å². The molecule has 0 aliphatic carbocycles. The molecule has 0 aromatic heterocycles. The van der Waals surface area contributed by atoms with Crippen molar-refractivity contribution in [3.8, 4) is 0 Å². The normalized spacial score (nSPS) is 10.6. The number of aldehydes is 1. The lowest BCUT2D eigenvalue weighted by Crippen LogP contribution is -1.88. The van der Waals surface area contributed by atoms with Crippen LogP contribution < -0.4 is 0 Å². The van der Waals surface area contributed by atoms with E-state index >= 15 is 0 Å². The van der Waals surface area contributed by atoms with Crippen LogP contribution in [0.2, 0.25) is 0 Å². The molecule has 0 aromatic rings. The molecule has 0 aliphatic heterocycles. The maximum absolute atomic E-state index is 10.0. The van der Waals surface area contributed by atoms with Crippen LogP contribution in [-0.2, 0) is 4.79 Å². The second kappa shape index (κ2) is 3.50. The summed E-state index contributed by atoms with van der Waals surface area (Å²) in [6.07, 6.45) is 1.40. The Hall–Kier alpha value is -1.51. The summed E-state index contributed by atoms with van der Waals surface area (Å²) in [6, 6.07) is 0. The number of aliphatic hydroxyl groups is 2. The molecule has 0 fully saturated rings. The summed E-state index contributed by atoms with van der Waals surface area (Å²) in [5.41, 5.74) is -0.0764. The maximum atomic E-state index is 10.0. The van der Waals surface area contributed by atoms with Gasteiger partial charge in [-0.1, -0.05) is 13.2 Å². The number of allylic oxidation sites excluding steroid dienone is 2. The summed E-state index contributed by atoms with van der Waals surface area (Å²) in [4.78, 5) is 10.0. The van der Waals surface area contributed by atoms with E-state index in [1.54, 1.807) is 0 Å². The Balaban J connectivity index is 4.49. The van der Waals surface area contributed by atoms with Gasteiger partial charge in [-0.3, -0.25) is 4.79 Å². The fourth-order valence-corrected chi connectivity index (χ4v) is 0.365. The topological polar surface area (TPSA) is 57.5 Å². The number of hydrogen-bond acceptors (Lipinski definition) is 3. The minimum atomic E-state index is -0.384. The van der Waals surface area contributed by atoms with E-state index in [0.717, 1.165) is 6.08 Å². The second-order valence-corrected chi connectivity index (χ2v) is 1.66. The number of carbonyl (C=O) groups excluding carboxylic acids is 1. The summed E-state index contributed by atoms with van der Waals surface area (Å²) in [5, 5.41) is 17.1. The molecule has 0 saturated carbocycles. The zero-order valence-corrected chi connectivity index (χ0v) is 5.37. The van der Waals surface area contributed by atoms with Gasteiger partial charge in [0.2, 0.25) is 0 Å². The van der Waals surface area contributed by atoms with Crippen molar-refractivity contribution in [1.29, 1.82) is 0 Å². The Labute approximate surface area is 58.6 Å². The molecule has 54 valence electrons. The number of hydrogen-bond donors (Lipinski definition) is 2. The van der Waals surface area contributed by atoms with E-state index < -0.39 is 0 Å². The quantitative estimate of drug-likeness (QED) is 0.268. The number of carbonyl (C=O) groups is 1. The predicted octanol–water partition coefficient (Wildman–Crippen LogP) is 1.26. The summed E-state index contributed by atoms with van der Waals surface area (Å²) < 4.78 is 0. The van der Waals surface area contributed by atoms with E-state index in [1.165, 1.54) is 0 Å². The third-order valence-electron chi connectivity index (χ3n) is 0.782. The van der Waals surface area contributed by atoms with Crippen molar-refractivity contribution in [3.05, 3.63) is 36.3 Å². The molecule has 10 heavy (non-hydrogen) atoms. The molecule has 0 atom stereocenters. The minimum absolute atomic E-state index is 0.0764. The molecule has 0 spiro atoms. The molecule has 0 saturated heterocycles. The summed E-state index contributed by atoms with van der Waals surface area (Å²) >= 11 is 0. The second-order valence-electron chi connectivity index (χ2n) is 1.66. The van der Waals surface area contributed by atoms with Crippen LogP contribution in [0.3, 0.4) is 0 Å². The van der Waals surface area contributed by atoms with Crippen LogP contribution in [0.15, 0.2) is 36.3 Å². The Morgan fingerprint density at radius 1 is 1.30 bits per heavy atom. The standard InChI is InChI=1S/C7H8O3/c1-5(9)3-7(4-8)6(2)10/h3-4,9-10H,1-2H2/b7-3-. The van der Waals surface area contributed by atoms with Gasteiger partial charge in [-0.05, 0) is 6.08 Å². The largest absolute Gasteiger partial charge is 0.509 e. The van der Waals surface area contributed by atoms with Crippen LogP contribution in [-0.4, -0.2) is 16.5 Å². The monoisotopic (exact) mass is 140 g/mol. The van der Waals surface area contributed by atoms with Gasteiger partial charge in [-0.15, -0.1) is 0 Å². The molecule has 0 rings (SSSR count). The molecule has 0 aromatic carbocycles. The predicted molar refractivity (Wildman–Crippen MR) is 37.7 cm³/mol. The van der Waals surface area contributed by atoms with Crippen molar-refractivity contribution in [2.24, 2.45) is 0 Å². The summed E-state index contributed by atoms with van der Waals surface area (Å²) in [5.74, 6) is -0.678. The van der Waals surface area contributed by atoms with Gasteiger partial charge in [-0.2, -0.15) is 0 Å². The lowest BCUT2D eigenvalue weighted by atomic mass is 10.2. The molecule has 0 amide bonds. The van der Waals surface area contributed by atoms with Gasteiger partial charge in [0, 0.05) is 0 Å². The Kier molecular flexibility index (Phi) is 2.97. The van der Waals surface area contributed by atoms with Crippen LogP contribution in [0.5, 0.6) is 0 Å². The van der Waals surface area contributed by atoms with Gasteiger partial charge in [0.05, 0.1) is 5.57 Å². The first-order chi connectivity index (χ1) is 4.57. The van der Waals surface area contributed by atoms with Gasteiger partial charge in [-0.25, -0.2) is 0 Å². The van der Waals surface area contributed by atoms with Crippen molar-refractivity contribution in [3.63, 3.8) is 0 Å². The number of rotatable bonds is 3. The van der Waals surface area contributed by atoms with Gasteiger partial charge >= 0.3 is 0 Å². The molecule has 0 unspecified atom stereocenters. The molecule has 0 radical (unpaired) electrons. The first kappa shape index (κ1) is 8.49. The van der Waals surface area contributed by atoms with E-state index in [9.17, 15) is 4.79 Å². The Bertz CT molecular complexity index is 201. The van der Waals surface area contributed by atoms with Gasteiger partial charge in [0.1, 0.15) is 11.5 Å². The molecule has 0 aliphatic rings. The third kappa shape index (κ3) is 2.71.